The highest BCUT2D eigenvalue weighted by Crippen LogP contribution is 2.40. The number of ether oxygens (including phenoxy) is 1. The molecule has 24 heavy (non-hydrogen) atoms. The number of benzene rings is 1. The maximum atomic E-state index is 13.6. The van der Waals surface area contributed by atoms with Crippen molar-refractivity contribution >= 4 is 5.65 Å². The maximum absolute atomic E-state index is 13.6. The monoisotopic (exact) mass is 335 g/mol. The van der Waals surface area contributed by atoms with E-state index in [0.717, 1.165) is 6.07 Å². The molecule has 3 aromatic rings. The Kier molecular flexibility index (Phi) is 3.95. The Hall–Kier alpha value is -2.57. The van der Waals surface area contributed by atoms with Crippen LogP contribution in [0.4, 0.5) is 13.2 Å². The minimum absolute atomic E-state index is 0.0483. The van der Waals surface area contributed by atoms with Gasteiger partial charge in [-0.2, -0.15) is 13.2 Å². The van der Waals surface area contributed by atoms with Gasteiger partial charge < -0.3 is 4.74 Å². The van der Waals surface area contributed by atoms with Gasteiger partial charge in [0.05, 0.1) is 29.3 Å². The highest BCUT2D eigenvalue weighted by molar-refractivity contribution is 5.70. The van der Waals surface area contributed by atoms with Crippen molar-refractivity contribution in [2.45, 2.75) is 33.1 Å². The lowest BCUT2D eigenvalue weighted by Gasteiger charge is -2.18. The molecule has 0 aliphatic rings. The van der Waals surface area contributed by atoms with Crippen LogP contribution in [0.25, 0.3) is 16.9 Å². The molecule has 0 radical (unpaired) electrons. The molecule has 0 amide bonds. The summed E-state index contributed by atoms with van der Waals surface area (Å²) in [4.78, 5) is 8.26. The standard InChI is InChI=1S/C17H16F3N3O/c1-10(2)24-12-4-5-13(14(8-12)17(18,19)20)16-11(3)22-9-15-21-6-7-23(15)16/h4-10H,1-3H3. The first-order valence-electron chi connectivity index (χ1n) is 7.44. The fraction of sp³-hybridized carbons (Fsp3) is 0.294. The quantitative estimate of drug-likeness (QED) is 0.707. The minimum atomic E-state index is -4.51. The van der Waals surface area contributed by atoms with E-state index in [1.54, 1.807) is 37.4 Å². The third kappa shape index (κ3) is 2.93. The third-order valence-electron chi connectivity index (χ3n) is 3.55. The molecule has 0 atom stereocenters. The second-order valence-corrected chi connectivity index (χ2v) is 5.72. The lowest BCUT2D eigenvalue weighted by molar-refractivity contribution is -0.137. The molecule has 7 heteroatoms. The predicted molar refractivity (Wildman–Crippen MR) is 83.9 cm³/mol. The minimum Gasteiger partial charge on any atom is -0.491 e. The van der Waals surface area contributed by atoms with Gasteiger partial charge >= 0.3 is 6.18 Å². The van der Waals surface area contributed by atoms with Crippen LogP contribution in [0.1, 0.15) is 25.1 Å². The van der Waals surface area contributed by atoms with E-state index in [0.29, 0.717) is 17.0 Å². The van der Waals surface area contributed by atoms with Crippen molar-refractivity contribution in [2.75, 3.05) is 0 Å². The number of halogens is 3. The summed E-state index contributed by atoms with van der Waals surface area (Å²) in [6.07, 6.45) is -0.0394. The van der Waals surface area contributed by atoms with Gasteiger partial charge in [-0.15, -0.1) is 0 Å². The zero-order chi connectivity index (χ0) is 17.5. The molecule has 0 unspecified atom stereocenters. The van der Waals surface area contributed by atoms with Crippen molar-refractivity contribution in [3.8, 4) is 17.0 Å². The summed E-state index contributed by atoms with van der Waals surface area (Å²) in [6.45, 7) is 5.20. The Bertz CT molecular complexity index is 884. The molecular weight excluding hydrogens is 319 g/mol. The third-order valence-corrected chi connectivity index (χ3v) is 3.55. The van der Waals surface area contributed by atoms with Gasteiger partial charge in [-0.1, -0.05) is 0 Å². The van der Waals surface area contributed by atoms with Gasteiger partial charge in [0.15, 0.2) is 5.65 Å². The molecule has 0 saturated heterocycles. The van der Waals surface area contributed by atoms with Crippen LogP contribution >= 0.6 is 0 Å². The van der Waals surface area contributed by atoms with E-state index >= 15 is 0 Å². The first kappa shape index (κ1) is 16.3. The molecule has 2 heterocycles. The molecule has 0 aliphatic heterocycles. The Morgan fingerprint density at radius 1 is 1.17 bits per heavy atom. The number of aryl methyl sites for hydroxylation is 1. The Balaban J connectivity index is 2.26. The molecule has 2 aromatic heterocycles. The smallest absolute Gasteiger partial charge is 0.417 e. The fourth-order valence-electron chi connectivity index (χ4n) is 2.62. The number of hydrogen-bond acceptors (Lipinski definition) is 3. The van der Waals surface area contributed by atoms with Gasteiger partial charge in [-0.05, 0) is 39.0 Å². The number of hydrogen-bond donors (Lipinski definition) is 0. The molecule has 0 bridgehead atoms. The number of fused-ring (bicyclic) bond motifs is 1. The molecule has 0 N–H and O–H groups in total. The Morgan fingerprint density at radius 2 is 1.92 bits per heavy atom. The lowest BCUT2D eigenvalue weighted by atomic mass is 10.0. The van der Waals surface area contributed by atoms with Gasteiger partial charge in [0.1, 0.15) is 5.75 Å². The van der Waals surface area contributed by atoms with Crippen molar-refractivity contribution in [1.82, 2.24) is 14.4 Å². The van der Waals surface area contributed by atoms with Crippen molar-refractivity contribution in [3.63, 3.8) is 0 Å². The first-order valence-corrected chi connectivity index (χ1v) is 7.44. The van der Waals surface area contributed by atoms with Crippen LogP contribution in [0.2, 0.25) is 0 Å². The van der Waals surface area contributed by atoms with Crippen LogP contribution < -0.4 is 4.74 Å². The normalized spacial score (nSPS) is 12.1. The molecule has 0 aliphatic carbocycles. The van der Waals surface area contributed by atoms with Crippen LogP contribution in [0.15, 0.2) is 36.8 Å². The molecule has 1 aromatic carbocycles. The average molecular weight is 335 g/mol. The number of rotatable bonds is 3. The van der Waals surface area contributed by atoms with Crippen molar-refractivity contribution < 1.29 is 17.9 Å². The molecule has 4 nitrogen and oxygen atoms in total. The van der Waals surface area contributed by atoms with E-state index in [-0.39, 0.29) is 17.4 Å². The van der Waals surface area contributed by atoms with Gasteiger partial charge in [-0.3, -0.25) is 9.38 Å². The van der Waals surface area contributed by atoms with Crippen molar-refractivity contribution in [2.24, 2.45) is 0 Å². The van der Waals surface area contributed by atoms with E-state index in [1.807, 2.05) is 0 Å². The first-order chi connectivity index (χ1) is 11.3. The Labute approximate surface area is 136 Å². The average Bonchev–Trinajstić information content (AvgIpc) is 2.94. The van der Waals surface area contributed by atoms with Crippen molar-refractivity contribution in [3.05, 3.63) is 48.0 Å². The topological polar surface area (TPSA) is 39.4 Å². The van der Waals surface area contributed by atoms with E-state index in [2.05, 4.69) is 9.97 Å². The van der Waals surface area contributed by atoms with E-state index in [1.165, 1.54) is 18.5 Å². The van der Waals surface area contributed by atoms with Crippen LogP contribution in [0.5, 0.6) is 5.75 Å². The molecular formula is C17H16F3N3O. The fourth-order valence-corrected chi connectivity index (χ4v) is 2.62. The van der Waals surface area contributed by atoms with Gasteiger partial charge in [0.25, 0.3) is 0 Å². The van der Waals surface area contributed by atoms with Crippen LogP contribution in [-0.2, 0) is 6.18 Å². The van der Waals surface area contributed by atoms with E-state index < -0.39 is 11.7 Å². The molecule has 0 spiro atoms. The molecule has 126 valence electrons. The summed E-state index contributed by atoms with van der Waals surface area (Å²) >= 11 is 0. The van der Waals surface area contributed by atoms with E-state index in [9.17, 15) is 13.2 Å². The predicted octanol–water partition coefficient (Wildman–Crippen LogP) is 4.51. The number of aromatic nitrogens is 3. The second kappa shape index (κ2) is 5.81. The number of nitrogens with zero attached hydrogens (tertiary/aromatic N) is 3. The van der Waals surface area contributed by atoms with Crippen molar-refractivity contribution in [1.29, 1.82) is 0 Å². The largest absolute Gasteiger partial charge is 0.491 e. The summed E-state index contributed by atoms with van der Waals surface area (Å²) in [7, 11) is 0. The SMILES string of the molecule is Cc1ncc2nccn2c1-c1ccc(OC(C)C)cc1C(F)(F)F. The highest BCUT2D eigenvalue weighted by Gasteiger charge is 2.35. The molecule has 0 fully saturated rings. The molecule has 3 rings (SSSR count). The lowest BCUT2D eigenvalue weighted by Crippen LogP contribution is -2.12. The van der Waals surface area contributed by atoms with Crippen LogP contribution in [-0.4, -0.2) is 20.5 Å². The highest BCUT2D eigenvalue weighted by atomic mass is 19.4. The van der Waals surface area contributed by atoms with Crippen LogP contribution in [0, 0.1) is 6.92 Å². The summed E-state index contributed by atoms with van der Waals surface area (Å²) in [5.41, 5.74) is 0.641. The van der Waals surface area contributed by atoms with E-state index in [4.69, 9.17) is 4.74 Å². The Morgan fingerprint density at radius 3 is 2.58 bits per heavy atom. The summed E-state index contributed by atoms with van der Waals surface area (Å²) in [5, 5.41) is 0. The van der Waals surface area contributed by atoms with Gasteiger partial charge in [0, 0.05) is 18.0 Å². The van der Waals surface area contributed by atoms with Gasteiger partial charge in [0.2, 0.25) is 0 Å². The van der Waals surface area contributed by atoms with Crippen LogP contribution in [0.3, 0.4) is 0 Å². The molecule has 0 saturated carbocycles. The van der Waals surface area contributed by atoms with Gasteiger partial charge in [-0.25, -0.2) is 4.98 Å². The summed E-state index contributed by atoms with van der Waals surface area (Å²) in [6, 6.07) is 3.99. The second-order valence-electron chi connectivity index (χ2n) is 5.72. The zero-order valence-electron chi connectivity index (χ0n) is 13.4. The summed E-state index contributed by atoms with van der Waals surface area (Å²) < 4.78 is 47.8. The zero-order valence-corrected chi connectivity index (χ0v) is 13.4. The maximum Gasteiger partial charge on any atom is 0.417 e. The number of alkyl halides is 3. The number of imidazole rings is 1. The summed E-state index contributed by atoms with van der Waals surface area (Å²) in [5.74, 6) is 0.185.